The first-order chi connectivity index (χ1) is 40.5. The third-order valence-electron chi connectivity index (χ3n) is 17.1. The fourth-order valence-corrected chi connectivity index (χ4v) is 11.4. The van der Waals surface area contributed by atoms with Crippen molar-refractivity contribution >= 4 is 11.9 Å². The lowest BCUT2D eigenvalue weighted by Crippen LogP contribution is -2.45. The van der Waals surface area contributed by atoms with Gasteiger partial charge >= 0.3 is 5.97 Å². The van der Waals surface area contributed by atoms with Gasteiger partial charge in [-0.1, -0.05) is 345 Å². The molecule has 0 aromatic rings. The lowest BCUT2D eigenvalue weighted by molar-refractivity contribution is -0.143. The number of aliphatic hydroxyl groups is 2. The number of esters is 1. The first-order valence-electron chi connectivity index (χ1n) is 36.9. The van der Waals surface area contributed by atoms with Crippen molar-refractivity contribution in [3.63, 3.8) is 0 Å². The number of allylic oxidation sites excluding steroid dienone is 7. The van der Waals surface area contributed by atoms with E-state index in [-0.39, 0.29) is 18.5 Å². The van der Waals surface area contributed by atoms with Crippen molar-refractivity contribution in [2.45, 2.75) is 411 Å². The Morgan fingerprint density at radius 1 is 0.341 bits per heavy atom. The van der Waals surface area contributed by atoms with Crippen LogP contribution in [0.1, 0.15) is 399 Å². The Balaban J connectivity index is 3.43. The monoisotopic (exact) mass is 1150 g/mol. The third kappa shape index (κ3) is 67.0. The first kappa shape index (κ1) is 79.8. The van der Waals surface area contributed by atoms with Gasteiger partial charge in [-0.05, 0) is 89.9 Å². The van der Waals surface area contributed by atoms with Gasteiger partial charge in [0.2, 0.25) is 5.91 Å². The number of carbonyl (C=O) groups is 2. The number of nitrogens with one attached hydrogen (secondary N) is 1. The summed E-state index contributed by atoms with van der Waals surface area (Å²) >= 11 is 0. The minimum Gasteiger partial charge on any atom is -0.466 e. The Morgan fingerprint density at radius 3 is 0.963 bits per heavy atom. The molecule has 0 heterocycles. The van der Waals surface area contributed by atoms with Crippen LogP contribution in [0.4, 0.5) is 0 Å². The van der Waals surface area contributed by atoms with E-state index >= 15 is 0 Å². The quantitative estimate of drug-likeness (QED) is 0.0320. The van der Waals surface area contributed by atoms with Crippen LogP contribution in [-0.2, 0) is 14.3 Å². The van der Waals surface area contributed by atoms with E-state index < -0.39 is 12.1 Å². The van der Waals surface area contributed by atoms with Gasteiger partial charge in [0.05, 0.1) is 25.4 Å². The van der Waals surface area contributed by atoms with Crippen molar-refractivity contribution in [1.29, 1.82) is 0 Å². The van der Waals surface area contributed by atoms with Crippen LogP contribution < -0.4 is 5.32 Å². The molecule has 0 aromatic heterocycles. The highest BCUT2D eigenvalue weighted by molar-refractivity contribution is 5.76. The summed E-state index contributed by atoms with van der Waals surface area (Å²) < 4.78 is 5.49. The van der Waals surface area contributed by atoms with Gasteiger partial charge in [0, 0.05) is 12.8 Å². The molecule has 0 radical (unpaired) electrons. The molecule has 0 saturated heterocycles. The van der Waals surface area contributed by atoms with E-state index in [1.165, 1.54) is 321 Å². The summed E-state index contributed by atoms with van der Waals surface area (Å²) in [6.07, 6.45) is 93.4. The molecule has 0 aromatic carbocycles. The van der Waals surface area contributed by atoms with Crippen LogP contribution in [0.5, 0.6) is 0 Å². The summed E-state index contributed by atoms with van der Waals surface area (Å²) in [4.78, 5) is 24.6. The molecular formula is C76H143NO5. The van der Waals surface area contributed by atoms with Crippen LogP contribution in [0, 0.1) is 0 Å². The van der Waals surface area contributed by atoms with Crippen LogP contribution in [0.15, 0.2) is 48.6 Å². The van der Waals surface area contributed by atoms with Crippen LogP contribution in [-0.4, -0.2) is 47.4 Å². The second kappa shape index (κ2) is 71.3. The average molecular weight is 1150 g/mol. The van der Waals surface area contributed by atoms with Crippen LogP contribution in [0.3, 0.4) is 0 Å². The Labute approximate surface area is 512 Å². The molecule has 0 aliphatic heterocycles. The lowest BCUT2D eigenvalue weighted by atomic mass is 10.0. The molecule has 0 bridgehead atoms. The maximum absolute atomic E-state index is 12.5. The van der Waals surface area contributed by atoms with Gasteiger partial charge < -0.3 is 20.3 Å². The maximum Gasteiger partial charge on any atom is 0.305 e. The van der Waals surface area contributed by atoms with Crippen molar-refractivity contribution in [2.75, 3.05) is 13.2 Å². The molecule has 0 saturated carbocycles. The smallest absolute Gasteiger partial charge is 0.305 e. The van der Waals surface area contributed by atoms with E-state index in [0.29, 0.717) is 19.4 Å². The fourth-order valence-electron chi connectivity index (χ4n) is 11.4. The molecule has 0 aliphatic rings. The molecule has 3 N–H and O–H groups in total. The Bertz CT molecular complexity index is 1370. The first-order valence-corrected chi connectivity index (χ1v) is 36.9. The molecule has 0 aliphatic carbocycles. The maximum atomic E-state index is 12.5. The fraction of sp³-hybridized carbons (Fsp3) is 0.868. The van der Waals surface area contributed by atoms with E-state index in [2.05, 4.69) is 55.6 Å². The number of aliphatic hydroxyl groups excluding tert-OH is 2. The van der Waals surface area contributed by atoms with Gasteiger partial charge in [0.15, 0.2) is 0 Å². The normalized spacial score (nSPS) is 12.8. The molecule has 6 nitrogen and oxygen atoms in total. The van der Waals surface area contributed by atoms with E-state index in [1.54, 1.807) is 6.08 Å². The number of hydrogen-bond donors (Lipinski definition) is 3. The summed E-state index contributed by atoms with van der Waals surface area (Å²) in [6.45, 7) is 4.90. The van der Waals surface area contributed by atoms with Crippen LogP contribution in [0.25, 0.3) is 0 Å². The standard InChI is InChI=1S/C76H143NO5/c1-3-5-7-9-11-13-15-17-19-20-21-22-23-28-31-34-37-41-44-48-52-56-60-64-68-74(79)73(72-78)77-75(80)69-65-61-57-53-49-45-42-38-35-32-29-26-24-25-27-30-33-36-39-43-47-51-55-59-63-67-71-82-76(81)70-66-62-58-54-50-46-40-18-16-14-12-10-8-6-4-2/h12,14,18,24,26,40,64,68,73-74,78-79H,3-11,13,15-17,19-23,25,27-39,41-63,65-67,69-72H2,1-2H3,(H,77,80)/b14-12-,26-24-,40-18-,68-64+. The van der Waals surface area contributed by atoms with Crippen molar-refractivity contribution in [1.82, 2.24) is 5.32 Å². The lowest BCUT2D eigenvalue weighted by Gasteiger charge is -2.20. The van der Waals surface area contributed by atoms with E-state index in [9.17, 15) is 19.8 Å². The molecule has 482 valence electrons. The number of unbranched alkanes of at least 4 members (excludes halogenated alkanes) is 52. The zero-order valence-corrected chi connectivity index (χ0v) is 55.2. The number of rotatable bonds is 69. The molecule has 6 heteroatoms. The van der Waals surface area contributed by atoms with E-state index in [4.69, 9.17) is 4.74 Å². The zero-order chi connectivity index (χ0) is 59.2. The second-order valence-corrected chi connectivity index (χ2v) is 25.3. The van der Waals surface area contributed by atoms with Crippen molar-refractivity contribution in [2.24, 2.45) is 0 Å². The van der Waals surface area contributed by atoms with Crippen LogP contribution >= 0.6 is 0 Å². The highest BCUT2D eigenvalue weighted by Crippen LogP contribution is 2.18. The van der Waals surface area contributed by atoms with Crippen molar-refractivity contribution in [3.05, 3.63) is 48.6 Å². The molecule has 82 heavy (non-hydrogen) atoms. The molecular weight excluding hydrogens is 1010 g/mol. The number of ether oxygens (including phenoxy) is 1. The summed E-state index contributed by atoms with van der Waals surface area (Å²) in [7, 11) is 0. The predicted molar refractivity (Wildman–Crippen MR) is 361 cm³/mol. The van der Waals surface area contributed by atoms with Crippen molar-refractivity contribution < 1.29 is 24.5 Å². The molecule has 2 atom stereocenters. The van der Waals surface area contributed by atoms with Gasteiger partial charge in [-0.3, -0.25) is 9.59 Å². The second-order valence-electron chi connectivity index (χ2n) is 25.3. The highest BCUT2D eigenvalue weighted by atomic mass is 16.5. The number of hydrogen-bond acceptors (Lipinski definition) is 5. The molecule has 1 amide bonds. The minimum atomic E-state index is -0.848. The third-order valence-corrected chi connectivity index (χ3v) is 17.1. The average Bonchev–Trinajstić information content (AvgIpc) is 3.48. The summed E-state index contributed by atoms with van der Waals surface area (Å²) in [6, 6.07) is -0.632. The summed E-state index contributed by atoms with van der Waals surface area (Å²) in [5, 5.41) is 23.3. The van der Waals surface area contributed by atoms with E-state index in [0.717, 1.165) is 51.4 Å². The largest absolute Gasteiger partial charge is 0.466 e. The SMILES string of the molecule is CCCCC/C=C\C/C=C\CCCCCCCC(=O)OCCCCCCCCCCCCCC/C=C\CCCCCCCCCCCCC(=O)NC(CO)C(O)/C=C/CCCCCCCCCCCCCCCCCCCCCCCC. The minimum absolute atomic E-state index is 0.000205. The van der Waals surface area contributed by atoms with Crippen LogP contribution in [0.2, 0.25) is 0 Å². The van der Waals surface area contributed by atoms with Gasteiger partial charge in [-0.2, -0.15) is 0 Å². The number of carbonyl (C=O) groups excluding carboxylic acids is 2. The Morgan fingerprint density at radius 2 is 0.610 bits per heavy atom. The predicted octanol–water partition coefficient (Wildman–Crippen LogP) is 24.0. The van der Waals surface area contributed by atoms with E-state index in [1.807, 2.05) is 6.08 Å². The molecule has 0 fully saturated rings. The van der Waals surface area contributed by atoms with Crippen molar-refractivity contribution in [3.8, 4) is 0 Å². The van der Waals surface area contributed by atoms with Gasteiger partial charge in [-0.25, -0.2) is 0 Å². The highest BCUT2D eigenvalue weighted by Gasteiger charge is 2.18. The van der Waals surface area contributed by atoms with Gasteiger partial charge in [0.1, 0.15) is 0 Å². The Kier molecular flexibility index (Phi) is 69.4. The Hall–Kier alpha value is -2.18. The van der Waals surface area contributed by atoms with Gasteiger partial charge in [-0.15, -0.1) is 0 Å². The molecule has 0 rings (SSSR count). The molecule has 0 spiro atoms. The van der Waals surface area contributed by atoms with Gasteiger partial charge in [0.25, 0.3) is 0 Å². The topological polar surface area (TPSA) is 95.9 Å². The molecule has 2 unspecified atom stereocenters. The number of amides is 1. The summed E-state index contributed by atoms with van der Waals surface area (Å²) in [5.74, 6) is -0.0659. The zero-order valence-electron chi connectivity index (χ0n) is 55.2. The summed E-state index contributed by atoms with van der Waals surface area (Å²) in [5.41, 5.74) is 0.